The van der Waals surface area contributed by atoms with Crippen LogP contribution in [0.5, 0.6) is 0 Å². The van der Waals surface area contributed by atoms with Gasteiger partial charge in [0, 0.05) is 0 Å². The van der Waals surface area contributed by atoms with E-state index in [2.05, 4.69) is 20.4 Å². The average molecular weight is 200 g/mol. The summed E-state index contributed by atoms with van der Waals surface area (Å²) < 4.78 is 0. The summed E-state index contributed by atoms with van der Waals surface area (Å²) in [4.78, 5) is 0. The molecule has 0 aromatic rings. The molecule has 14 heavy (non-hydrogen) atoms. The molecule has 0 aliphatic heterocycles. The Morgan fingerprint density at radius 1 is 1.29 bits per heavy atom. The van der Waals surface area contributed by atoms with Crippen molar-refractivity contribution >= 4 is 0 Å². The SMILES string of the molecule is C=CC[C@H](CCCC(C)C)[C@@H](O)CO. The molecule has 0 aliphatic rings. The lowest BCUT2D eigenvalue weighted by molar-refractivity contribution is 0.0434. The van der Waals surface area contributed by atoms with E-state index >= 15 is 0 Å². The van der Waals surface area contributed by atoms with E-state index in [0.29, 0.717) is 5.92 Å². The minimum Gasteiger partial charge on any atom is -0.394 e. The van der Waals surface area contributed by atoms with Crippen LogP contribution >= 0.6 is 0 Å². The maximum Gasteiger partial charge on any atom is 0.0801 e. The summed E-state index contributed by atoms with van der Waals surface area (Å²) in [6.07, 6.45) is 5.31. The van der Waals surface area contributed by atoms with Crippen molar-refractivity contribution in [3.8, 4) is 0 Å². The fraction of sp³-hybridized carbons (Fsp3) is 0.833. The fourth-order valence-electron chi connectivity index (χ4n) is 1.62. The molecule has 0 rings (SSSR count). The predicted octanol–water partition coefficient (Wildman–Crippen LogP) is 2.36. The lowest BCUT2D eigenvalue weighted by atomic mass is 9.91. The van der Waals surface area contributed by atoms with Crippen LogP contribution in [0.1, 0.15) is 39.5 Å². The Kier molecular flexibility index (Phi) is 7.81. The molecule has 0 aliphatic carbocycles. The van der Waals surface area contributed by atoms with Crippen molar-refractivity contribution in [1.29, 1.82) is 0 Å². The zero-order valence-corrected chi connectivity index (χ0v) is 9.45. The van der Waals surface area contributed by atoms with Crippen molar-refractivity contribution < 1.29 is 10.2 Å². The Morgan fingerprint density at radius 2 is 1.93 bits per heavy atom. The highest BCUT2D eigenvalue weighted by atomic mass is 16.3. The van der Waals surface area contributed by atoms with E-state index in [1.807, 2.05) is 6.08 Å². The number of hydrogen-bond acceptors (Lipinski definition) is 2. The van der Waals surface area contributed by atoms with E-state index in [9.17, 15) is 5.11 Å². The molecule has 0 saturated carbocycles. The quantitative estimate of drug-likeness (QED) is 0.590. The van der Waals surface area contributed by atoms with Gasteiger partial charge >= 0.3 is 0 Å². The topological polar surface area (TPSA) is 40.5 Å². The monoisotopic (exact) mass is 200 g/mol. The summed E-state index contributed by atoms with van der Waals surface area (Å²) in [6, 6.07) is 0. The second-order valence-corrected chi connectivity index (χ2v) is 4.36. The maximum atomic E-state index is 9.52. The number of aliphatic hydroxyl groups excluding tert-OH is 2. The third-order valence-corrected chi connectivity index (χ3v) is 2.56. The van der Waals surface area contributed by atoms with Gasteiger partial charge in [-0.1, -0.05) is 32.8 Å². The molecule has 0 heterocycles. The van der Waals surface area contributed by atoms with E-state index < -0.39 is 6.10 Å². The van der Waals surface area contributed by atoms with Crippen LogP contribution in [0.3, 0.4) is 0 Å². The van der Waals surface area contributed by atoms with Gasteiger partial charge in [-0.15, -0.1) is 6.58 Å². The molecule has 2 N–H and O–H groups in total. The van der Waals surface area contributed by atoms with Crippen LogP contribution < -0.4 is 0 Å². The van der Waals surface area contributed by atoms with Gasteiger partial charge in [-0.05, 0) is 24.7 Å². The smallest absolute Gasteiger partial charge is 0.0801 e. The summed E-state index contributed by atoms with van der Waals surface area (Å²) in [5.74, 6) is 0.891. The Hall–Kier alpha value is -0.340. The molecule has 0 saturated heterocycles. The Labute approximate surface area is 87.7 Å². The van der Waals surface area contributed by atoms with Crippen molar-refractivity contribution in [3.63, 3.8) is 0 Å². The van der Waals surface area contributed by atoms with E-state index in [-0.39, 0.29) is 12.5 Å². The first kappa shape index (κ1) is 13.7. The third kappa shape index (κ3) is 6.17. The highest BCUT2D eigenvalue weighted by molar-refractivity contribution is 4.78. The second kappa shape index (κ2) is 8.01. The van der Waals surface area contributed by atoms with Gasteiger partial charge in [-0.25, -0.2) is 0 Å². The Balaban J connectivity index is 3.78. The lowest BCUT2D eigenvalue weighted by Gasteiger charge is -2.20. The van der Waals surface area contributed by atoms with Crippen molar-refractivity contribution in [3.05, 3.63) is 12.7 Å². The second-order valence-electron chi connectivity index (χ2n) is 4.36. The van der Waals surface area contributed by atoms with Crippen molar-refractivity contribution in [1.82, 2.24) is 0 Å². The van der Waals surface area contributed by atoms with Crippen molar-refractivity contribution in [2.75, 3.05) is 6.61 Å². The molecule has 0 radical (unpaired) electrons. The molecule has 84 valence electrons. The highest BCUT2D eigenvalue weighted by Gasteiger charge is 2.16. The first-order chi connectivity index (χ1) is 6.61. The Bertz CT molecular complexity index is 143. The van der Waals surface area contributed by atoms with E-state index in [4.69, 9.17) is 5.11 Å². The lowest BCUT2D eigenvalue weighted by Crippen LogP contribution is -2.23. The van der Waals surface area contributed by atoms with Crippen LogP contribution in [-0.4, -0.2) is 22.9 Å². The van der Waals surface area contributed by atoms with Gasteiger partial charge in [-0.3, -0.25) is 0 Å². The van der Waals surface area contributed by atoms with Gasteiger partial charge in [0.1, 0.15) is 0 Å². The third-order valence-electron chi connectivity index (χ3n) is 2.56. The molecular formula is C12H24O2. The van der Waals surface area contributed by atoms with Crippen LogP contribution in [0.2, 0.25) is 0 Å². The first-order valence-electron chi connectivity index (χ1n) is 5.51. The minimum atomic E-state index is -0.583. The number of hydrogen-bond donors (Lipinski definition) is 2. The van der Waals surface area contributed by atoms with Crippen LogP contribution in [-0.2, 0) is 0 Å². The summed E-state index contributed by atoms with van der Waals surface area (Å²) in [6.45, 7) is 7.93. The molecule has 2 nitrogen and oxygen atoms in total. The average Bonchev–Trinajstić information content (AvgIpc) is 2.15. The largest absolute Gasteiger partial charge is 0.394 e. The summed E-state index contributed by atoms with van der Waals surface area (Å²) in [5.41, 5.74) is 0. The van der Waals surface area contributed by atoms with Crippen molar-refractivity contribution in [2.24, 2.45) is 11.8 Å². The molecule has 0 fully saturated rings. The summed E-state index contributed by atoms with van der Waals surface area (Å²) >= 11 is 0. The van der Waals surface area contributed by atoms with Gasteiger partial charge in [0.2, 0.25) is 0 Å². The highest BCUT2D eigenvalue weighted by Crippen LogP contribution is 2.19. The summed E-state index contributed by atoms with van der Waals surface area (Å²) in [5, 5.41) is 18.4. The number of aliphatic hydroxyl groups is 2. The number of allylic oxidation sites excluding steroid dienone is 1. The molecule has 0 spiro atoms. The molecule has 0 aromatic carbocycles. The molecule has 0 bridgehead atoms. The van der Waals surface area contributed by atoms with Crippen LogP contribution in [0.25, 0.3) is 0 Å². The van der Waals surface area contributed by atoms with Gasteiger partial charge in [0.15, 0.2) is 0 Å². The molecule has 0 amide bonds. The predicted molar refractivity (Wildman–Crippen MR) is 60.1 cm³/mol. The van der Waals surface area contributed by atoms with Gasteiger partial charge in [0.25, 0.3) is 0 Å². The summed E-state index contributed by atoms with van der Waals surface area (Å²) in [7, 11) is 0. The van der Waals surface area contributed by atoms with Crippen LogP contribution in [0, 0.1) is 11.8 Å². The molecular weight excluding hydrogens is 176 g/mol. The van der Waals surface area contributed by atoms with E-state index in [1.54, 1.807) is 0 Å². The zero-order chi connectivity index (χ0) is 11.0. The van der Waals surface area contributed by atoms with Crippen LogP contribution in [0.15, 0.2) is 12.7 Å². The molecule has 2 heteroatoms. The van der Waals surface area contributed by atoms with E-state index in [0.717, 1.165) is 19.3 Å². The zero-order valence-electron chi connectivity index (χ0n) is 9.45. The van der Waals surface area contributed by atoms with Crippen LogP contribution in [0.4, 0.5) is 0 Å². The standard InChI is InChI=1S/C12H24O2/c1-4-6-11(12(14)9-13)8-5-7-10(2)3/h4,10-14H,1,5-9H2,2-3H3/t11-,12+/m1/s1. The number of rotatable bonds is 8. The van der Waals surface area contributed by atoms with Gasteiger partial charge in [-0.2, -0.15) is 0 Å². The van der Waals surface area contributed by atoms with Gasteiger partial charge < -0.3 is 10.2 Å². The first-order valence-corrected chi connectivity index (χ1v) is 5.51. The Morgan fingerprint density at radius 3 is 2.36 bits per heavy atom. The fourth-order valence-corrected chi connectivity index (χ4v) is 1.62. The normalized spacial score (nSPS) is 15.5. The van der Waals surface area contributed by atoms with E-state index in [1.165, 1.54) is 6.42 Å². The molecule has 0 aromatic heterocycles. The maximum absolute atomic E-state index is 9.52. The molecule has 0 unspecified atom stereocenters. The molecule has 2 atom stereocenters. The minimum absolute atomic E-state index is 0.139. The van der Waals surface area contributed by atoms with Gasteiger partial charge in [0.05, 0.1) is 12.7 Å². The van der Waals surface area contributed by atoms with Crippen molar-refractivity contribution in [2.45, 2.75) is 45.6 Å².